The van der Waals surface area contributed by atoms with Crippen molar-refractivity contribution in [3.63, 3.8) is 0 Å². The molecule has 2 aliphatic rings. The third-order valence-corrected chi connectivity index (χ3v) is 5.03. The first kappa shape index (κ1) is 12.8. The van der Waals surface area contributed by atoms with Crippen LogP contribution in [0.5, 0.6) is 0 Å². The van der Waals surface area contributed by atoms with Crippen LogP contribution in [0.4, 0.5) is 0 Å². The third-order valence-electron chi connectivity index (χ3n) is 4.36. The third kappa shape index (κ3) is 3.16. The van der Waals surface area contributed by atoms with E-state index in [1.165, 1.54) is 64.5 Å². The Morgan fingerprint density at radius 3 is 2.38 bits per heavy atom. The molecule has 2 rings (SSSR count). The monoisotopic (exact) mass is 241 g/mol. The number of hydrogen-bond donors (Lipinski definition) is 1. The second-order valence-electron chi connectivity index (χ2n) is 5.92. The molecule has 0 spiro atoms. The highest BCUT2D eigenvalue weighted by atomic mass is 32.1. The first-order valence-corrected chi connectivity index (χ1v) is 7.78. The molecular weight excluding hydrogens is 214 g/mol. The number of nitrogens with zero attached hydrogens (tertiary/aromatic N) is 1. The topological polar surface area (TPSA) is 3.24 Å². The van der Waals surface area contributed by atoms with Crippen molar-refractivity contribution in [2.75, 3.05) is 18.8 Å². The largest absolute Gasteiger partial charge is 0.300 e. The molecule has 2 aliphatic carbocycles. The predicted molar refractivity (Wildman–Crippen MR) is 74.3 cm³/mol. The van der Waals surface area contributed by atoms with E-state index in [9.17, 15) is 0 Å². The summed E-state index contributed by atoms with van der Waals surface area (Å²) in [4.78, 5) is 2.77. The summed E-state index contributed by atoms with van der Waals surface area (Å²) in [6, 6.07) is 0.929. The van der Waals surface area contributed by atoms with Gasteiger partial charge < -0.3 is 0 Å². The second kappa shape index (κ2) is 5.77. The van der Waals surface area contributed by atoms with Crippen molar-refractivity contribution >= 4 is 12.6 Å². The van der Waals surface area contributed by atoms with Crippen LogP contribution in [-0.2, 0) is 0 Å². The van der Waals surface area contributed by atoms with E-state index < -0.39 is 0 Å². The lowest BCUT2D eigenvalue weighted by Gasteiger charge is -2.40. The van der Waals surface area contributed by atoms with Gasteiger partial charge in [0.1, 0.15) is 0 Å². The molecule has 94 valence electrons. The van der Waals surface area contributed by atoms with Crippen LogP contribution in [0.3, 0.4) is 0 Å². The zero-order valence-corrected chi connectivity index (χ0v) is 11.6. The van der Waals surface area contributed by atoms with Gasteiger partial charge in [0.2, 0.25) is 0 Å². The first-order valence-electron chi connectivity index (χ1n) is 7.14. The second-order valence-corrected chi connectivity index (χ2v) is 6.24. The zero-order valence-electron chi connectivity index (χ0n) is 10.7. The van der Waals surface area contributed by atoms with Gasteiger partial charge in [-0.15, -0.1) is 0 Å². The lowest BCUT2D eigenvalue weighted by molar-refractivity contribution is 0.120. The molecule has 0 amide bonds. The van der Waals surface area contributed by atoms with Gasteiger partial charge in [0.25, 0.3) is 0 Å². The summed E-state index contributed by atoms with van der Waals surface area (Å²) in [5.74, 6) is 1.10. The average Bonchev–Trinajstić information content (AvgIpc) is 3.14. The van der Waals surface area contributed by atoms with Crippen LogP contribution >= 0.6 is 12.6 Å². The van der Waals surface area contributed by atoms with Crippen LogP contribution in [0.2, 0.25) is 0 Å². The molecule has 0 aromatic heterocycles. The van der Waals surface area contributed by atoms with Crippen molar-refractivity contribution in [3.8, 4) is 0 Å². The molecule has 0 bridgehead atoms. The fraction of sp³-hybridized carbons (Fsp3) is 1.00. The standard InChI is InChI=1S/C14H27NS/c1-2-10-15(13-6-7-13)11-14(12-16)8-4-3-5-9-14/h13,16H,2-12H2,1H3. The Morgan fingerprint density at radius 2 is 1.88 bits per heavy atom. The lowest BCUT2D eigenvalue weighted by atomic mass is 9.75. The minimum Gasteiger partial charge on any atom is -0.300 e. The molecule has 2 saturated carbocycles. The van der Waals surface area contributed by atoms with Crippen molar-refractivity contribution < 1.29 is 0 Å². The Labute approximate surface area is 106 Å². The predicted octanol–water partition coefficient (Wildman–Crippen LogP) is 3.74. The Morgan fingerprint density at radius 1 is 1.19 bits per heavy atom. The van der Waals surface area contributed by atoms with Gasteiger partial charge in [-0.2, -0.15) is 12.6 Å². The molecule has 0 radical (unpaired) electrons. The van der Waals surface area contributed by atoms with Gasteiger partial charge in [-0.1, -0.05) is 26.2 Å². The molecule has 0 aliphatic heterocycles. The molecular formula is C14H27NS. The molecule has 0 atom stereocenters. The molecule has 0 N–H and O–H groups in total. The summed E-state index contributed by atoms with van der Waals surface area (Å²) in [5, 5.41) is 0. The van der Waals surface area contributed by atoms with Gasteiger partial charge >= 0.3 is 0 Å². The molecule has 0 unspecified atom stereocenters. The van der Waals surface area contributed by atoms with Crippen molar-refractivity contribution in [1.29, 1.82) is 0 Å². The maximum atomic E-state index is 4.65. The number of hydrogen-bond acceptors (Lipinski definition) is 2. The van der Waals surface area contributed by atoms with Gasteiger partial charge in [-0.25, -0.2) is 0 Å². The fourth-order valence-electron chi connectivity index (χ4n) is 3.22. The maximum Gasteiger partial charge on any atom is 0.00966 e. The van der Waals surface area contributed by atoms with E-state index in [2.05, 4.69) is 24.5 Å². The molecule has 0 aromatic carbocycles. The summed E-state index contributed by atoms with van der Waals surface area (Å²) in [6.07, 6.45) is 11.4. The molecule has 2 fully saturated rings. The van der Waals surface area contributed by atoms with Crippen molar-refractivity contribution in [3.05, 3.63) is 0 Å². The quantitative estimate of drug-likeness (QED) is 0.693. The van der Waals surface area contributed by atoms with Crippen molar-refractivity contribution in [2.24, 2.45) is 5.41 Å². The summed E-state index contributed by atoms with van der Waals surface area (Å²) in [7, 11) is 0. The van der Waals surface area contributed by atoms with Crippen LogP contribution in [0, 0.1) is 5.41 Å². The zero-order chi connectivity index (χ0) is 11.4. The van der Waals surface area contributed by atoms with Crippen LogP contribution < -0.4 is 0 Å². The van der Waals surface area contributed by atoms with Gasteiger partial charge in [-0.05, 0) is 49.8 Å². The average molecular weight is 241 g/mol. The Balaban J connectivity index is 1.91. The summed E-state index contributed by atoms with van der Waals surface area (Å²) in [6.45, 7) is 4.94. The van der Waals surface area contributed by atoms with E-state index in [0.29, 0.717) is 5.41 Å². The normalized spacial score (nSPS) is 24.9. The highest BCUT2D eigenvalue weighted by Gasteiger charge is 2.37. The summed E-state index contributed by atoms with van der Waals surface area (Å²) < 4.78 is 0. The van der Waals surface area contributed by atoms with Crippen LogP contribution in [-0.4, -0.2) is 29.8 Å². The van der Waals surface area contributed by atoms with Gasteiger partial charge in [0.05, 0.1) is 0 Å². The van der Waals surface area contributed by atoms with Gasteiger partial charge in [-0.3, -0.25) is 4.90 Å². The Bertz CT molecular complexity index is 207. The Kier molecular flexibility index (Phi) is 4.60. The first-order chi connectivity index (χ1) is 7.79. The smallest absolute Gasteiger partial charge is 0.00966 e. The maximum absolute atomic E-state index is 4.65. The van der Waals surface area contributed by atoms with Crippen molar-refractivity contribution in [1.82, 2.24) is 4.90 Å². The molecule has 1 nitrogen and oxygen atoms in total. The fourth-order valence-corrected chi connectivity index (χ4v) is 3.63. The van der Waals surface area contributed by atoms with E-state index in [1.54, 1.807) is 0 Å². The molecule has 16 heavy (non-hydrogen) atoms. The SMILES string of the molecule is CCCN(CC1(CS)CCCCC1)C1CC1. The van der Waals surface area contributed by atoms with Crippen LogP contribution in [0.25, 0.3) is 0 Å². The van der Waals surface area contributed by atoms with Gasteiger partial charge in [0, 0.05) is 12.6 Å². The van der Waals surface area contributed by atoms with Crippen LogP contribution in [0.15, 0.2) is 0 Å². The number of rotatable bonds is 6. The van der Waals surface area contributed by atoms with E-state index in [-0.39, 0.29) is 0 Å². The summed E-state index contributed by atoms with van der Waals surface area (Å²) >= 11 is 4.65. The molecule has 0 aromatic rings. The highest BCUT2D eigenvalue weighted by Crippen LogP contribution is 2.40. The number of thiol groups is 1. The van der Waals surface area contributed by atoms with Crippen molar-refractivity contribution in [2.45, 2.75) is 64.3 Å². The molecule has 2 heteroatoms. The van der Waals surface area contributed by atoms with E-state index in [1.807, 2.05) is 0 Å². The van der Waals surface area contributed by atoms with E-state index in [4.69, 9.17) is 0 Å². The summed E-state index contributed by atoms with van der Waals surface area (Å²) in [5.41, 5.74) is 0.555. The molecule has 0 heterocycles. The Hall–Kier alpha value is 0.310. The van der Waals surface area contributed by atoms with E-state index in [0.717, 1.165) is 11.8 Å². The molecule has 0 saturated heterocycles. The lowest BCUT2D eigenvalue weighted by Crippen LogP contribution is -2.42. The minimum atomic E-state index is 0.555. The van der Waals surface area contributed by atoms with Gasteiger partial charge in [0.15, 0.2) is 0 Å². The van der Waals surface area contributed by atoms with Crippen LogP contribution in [0.1, 0.15) is 58.3 Å². The van der Waals surface area contributed by atoms with E-state index >= 15 is 0 Å². The highest BCUT2D eigenvalue weighted by molar-refractivity contribution is 7.80. The minimum absolute atomic E-state index is 0.555.